The van der Waals surface area contributed by atoms with Crippen LogP contribution in [-0.2, 0) is 19.9 Å². The first kappa shape index (κ1) is 15.0. The lowest BCUT2D eigenvalue weighted by molar-refractivity contribution is -0.140. The summed E-state index contributed by atoms with van der Waals surface area (Å²) < 4.78 is 1.57. The zero-order chi connectivity index (χ0) is 15.9. The first-order chi connectivity index (χ1) is 9.67. The van der Waals surface area contributed by atoms with Crippen LogP contribution in [0.25, 0.3) is 5.76 Å². The lowest BCUT2D eigenvalue weighted by Crippen LogP contribution is -2.44. The third-order valence-corrected chi connectivity index (χ3v) is 3.61. The molecule has 0 saturated heterocycles. The second kappa shape index (κ2) is 4.85. The van der Waals surface area contributed by atoms with Crippen LogP contribution in [0.2, 0.25) is 0 Å². The molecule has 0 fully saturated rings. The molecule has 7 nitrogen and oxygen atoms in total. The van der Waals surface area contributed by atoms with Crippen molar-refractivity contribution in [2.45, 2.75) is 31.8 Å². The Kier molecular flexibility index (Phi) is 3.46. The van der Waals surface area contributed by atoms with Crippen molar-refractivity contribution in [3.8, 4) is 0 Å². The van der Waals surface area contributed by atoms with E-state index in [0.717, 1.165) is 0 Å². The second-order valence-corrected chi connectivity index (χ2v) is 5.45. The number of ketones is 2. The Morgan fingerprint density at radius 3 is 2.62 bits per heavy atom. The predicted octanol–water partition coefficient (Wildman–Crippen LogP) is 0.446. The minimum atomic E-state index is -1.41. The van der Waals surface area contributed by atoms with E-state index in [1.807, 2.05) is 0 Å². The predicted molar refractivity (Wildman–Crippen MR) is 73.5 cm³/mol. The number of carbonyl (C=O) groups excluding carboxylic acids is 2. The van der Waals surface area contributed by atoms with Crippen molar-refractivity contribution >= 4 is 23.3 Å². The zero-order valence-electron chi connectivity index (χ0n) is 11.7. The van der Waals surface area contributed by atoms with E-state index in [1.54, 1.807) is 36.7 Å². The molecule has 0 bridgehead atoms. The number of allylic oxidation sites excluding steroid dienone is 1. The van der Waals surface area contributed by atoms with Gasteiger partial charge in [0.15, 0.2) is 17.3 Å². The fraction of sp³-hybridized carbons (Fsp3) is 0.357. The number of rotatable bonds is 4. The molecule has 2 heterocycles. The van der Waals surface area contributed by atoms with Gasteiger partial charge in [0.1, 0.15) is 17.2 Å². The Morgan fingerprint density at radius 2 is 2.05 bits per heavy atom. The Balaban J connectivity index is 2.48. The van der Waals surface area contributed by atoms with E-state index in [2.05, 4.69) is 0 Å². The number of aliphatic hydroxyl groups is 1. The van der Waals surface area contributed by atoms with Crippen LogP contribution in [0.4, 0.5) is 0 Å². The molecule has 21 heavy (non-hydrogen) atoms. The third-order valence-electron chi connectivity index (χ3n) is 3.61. The minimum absolute atomic E-state index is 0.340. The van der Waals surface area contributed by atoms with Crippen LogP contribution in [0.5, 0.6) is 0 Å². The minimum Gasteiger partial charge on any atom is -0.505 e. The van der Waals surface area contributed by atoms with Crippen LogP contribution in [-0.4, -0.2) is 38.4 Å². The lowest BCUT2D eigenvalue weighted by atomic mass is 9.84. The van der Waals surface area contributed by atoms with Crippen molar-refractivity contribution < 1.29 is 24.6 Å². The zero-order valence-corrected chi connectivity index (χ0v) is 11.7. The maximum absolute atomic E-state index is 12.5. The molecule has 0 aliphatic carbocycles. The van der Waals surface area contributed by atoms with E-state index >= 15 is 0 Å². The average molecular weight is 292 g/mol. The highest BCUT2D eigenvalue weighted by molar-refractivity contribution is 6.27. The molecule has 112 valence electrons. The monoisotopic (exact) mass is 292 g/mol. The van der Waals surface area contributed by atoms with Crippen LogP contribution < -0.4 is 5.73 Å². The molecule has 2 rings (SSSR count). The molecule has 0 amide bonds. The van der Waals surface area contributed by atoms with Gasteiger partial charge in [-0.1, -0.05) is 0 Å². The molecule has 1 aromatic heterocycles. The summed E-state index contributed by atoms with van der Waals surface area (Å²) in [6.07, 6.45) is 1.09. The highest BCUT2D eigenvalue weighted by atomic mass is 16.4. The summed E-state index contributed by atoms with van der Waals surface area (Å²) in [5, 5.41) is 18.9. The maximum atomic E-state index is 12.5. The Bertz CT molecular complexity index is 669. The van der Waals surface area contributed by atoms with Gasteiger partial charge in [0.2, 0.25) is 0 Å². The molecule has 0 unspecified atom stereocenters. The summed E-state index contributed by atoms with van der Waals surface area (Å²) in [5.74, 6) is -3.11. The molecule has 1 aliphatic rings. The molecule has 4 N–H and O–H groups in total. The molecule has 0 radical (unpaired) electrons. The van der Waals surface area contributed by atoms with Gasteiger partial charge < -0.3 is 20.5 Å². The van der Waals surface area contributed by atoms with E-state index < -0.39 is 41.3 Å². The van der Waals surface area contributed by atoms with Crippen molar-refractivity contribution in [3.05, 3.63) is 29.6 Å². The fourth-order valence-corrected chi connectivity index (χ4v) is 2.36. The molecule has 0 spiro atoms. The number of nitrogens with zero attached hydrogens (tertiary/aromatic N) is 1. The van der Waals surface area contributed by atoms with Gasteiger partial charge in [0, 0.05) is 12.6 Å². The number of aliphatic hydroxyl groups excluding tert-OH is 1. The lowest BCUT2D eigenvalue weighted by Gasteiger charge is -2.32. The normalized spacial score (nSPS) is 18.3. The van der Waals surface area contributed by atoms with E-state index in [-0.39, 0.29) is 5.57 Å². The molecule has 1 aliphatic heterocycles. The standard InChI is InChI=1S/C14H16N2O5/c1-14(2)12(19)10(9(17)6-7(15)13(20)21)11(18)8-4-3-5-16(8)14/h3-5,7,18H,6,15H2,1-2H3,(H,20,21)/t7-/m0/s1. The number of hydrogen-bond acceptors (Lipinski definition) is 5. The van der Waals surface area contributed by atoms with E-state index in [4.69, 9.17) is 10.8 Å². The van der Waals surface area contributed by atoms with Gasteiger partial charge in [-0.2, -0.15) is 0 Å². The van der Waals surface area contributed by atoms with Gasteiger partial charge in [0.25, 0.3) is 0 Å². The molecule has 0 aromatic carbocycles. The summed E-state index contributed by atoms with van der Waals surface area (Å²) in [6.45, 7) is 3.24. The van der Waals surface area contributed by atoms with Crippen LogP contribution in [0.3, 0.4) is 0 Å². The van der Waals surface area contributed by atoms with E-state index in [0.29, 0.717) is 5.69 Å². The topological polar surface area (TPSA) is 123 Å². The summed E-state index contributed by atoms with van der Waals surface area (Å²) in [5.41, 5.74) is 4.23. The fourth-order valence-electron chi connectivity index (χ4n) is 2.36. The van der Waals surface area contributed by atoms with Crippen molar-refractivity contribution in [3.63, 3.8) is 0 Å². The number of nitrogens with two attached hydrogens (primary N) is 1. The quantitative estimate of drug-likeness (QED) is 0.692. The highest BCUT2D eigenvalue weighted by Gasteiger charge is 2.42. The van der Waals surface area contributed by atoms with Crippen LogP contribution in [0.1, 0.15) is 26.0 Å². The number of carboxylic acids is 1. The molecule has 7 heteroatoms. The van der Waals surface area contributed by atoms with Crippen LogP contribution >= 0.6 is 0 Å². The highest BCUT2D eigenvalue weighted by Crippen LogP contribution is 2.34. The molecule has 1 aromatic rings. The molecular weight excluding hydrogens is 276 g/mol. The van der Waals surface area contributed by atoms with Crippen LogP contribution in [0.15, 0.2) is 23.9 Å². The molecule has 1 atom stereocenters. The van der Waals surface area contributed by atoms with Crippen molar-refractivity contribution in [2.75, 3.05) is 0 Å². The smallest absolute Gasteiger partial charge is 0.320 e. The first-order valence-corrected chi connectivity index (χ1v) is 6.35. The Hall–Kier alpha value is -2.41. The average Bonchev–Trinajstić information content (AvgIpc) is 2.87. The van der Waals surface area contributed by atoms with E-state index in [1.165, 1.54) is 0 Å². The van der Waals surface area contributed by atoms with Gasteiger partial charge in [-0.3, -0.25) is 14.4 Å². The number of fused-ring (bicyclic) bond motifs is 1. The number of hydrogen-bond donors (Lipinski definition) is 3. The number of aliphatic carboxylic acids is 1. The number of Topliss-reactive ketones (excluding diaryl/α,β-unsaturated/α-hetero) is 2. The maximum Gasteiger partial charge on any atom is 0.320 e. The van der Waals surface area contributed by atoms with Crippen molar-refractivity contribution in [1.82, 2.24) is 4.57 Å². The summed E-state index contributed by atoms with van der Waals surface area (Å²) >= 11 is 0. The largest absolute Gasteiger partial charge is 0.505 e. The van der Waals surface area contributed by atoms with Crippen molar-refractivity contribution in [2.24, 2.45) is 5.73 Å². The van der Waals surface area contributed by atoms with E-state index in [9.17, 15) is 19.5 Å². The van der Waals surface area contributed by atoms with Gasteiger partial charge >= 0.3 is 5.97 Å². The third kappa shape index (κ3) is 2.25. The van der Waals surface area contributed by atoms with Gasteiger partial charge in [-0.15, -0.1) is 0 Å². The van der Waals surface area contributed by atoms with Gasteiger partial charge in [-0.25, -0.2) is 0 Å². The first-order valence-electron chi connectivity index (χ1n) is 6.35. The SMILES string of the molecule is CC1(C)C(=O)C(C(=O)C[C@H](N)C(=O)O)=C(O)c2cccn21. The number of aromatic nitrogens is 1. The number of carboxylic acid groups (broad SMARTS) is 1. The van der Waals surface area contributed by atoms with Gasteiger partial charge in [-0.05, 0) is 26.0 Å². The Labute approximate surface area is 120 Å². The molecule has 0 saturated carbocycles. The Morgan fingerprint density at radius 1 is 1.43 bits per heavy atom. The van der Waals surface area contributed by atoms with Crippen LogP contribution in [0, 0.1) is 0 Å². The van der Waals surface area contributed by atoms with Gasteiger partial charge in [0.05, 0.1) is 5.69 Å². The summed E-state index contributed by atoms with van der Waals surface area (Å²) in [6, 6.07) is 1.81. The summed E-state index contributed by atoms with van der Waals surface area (Å²) in [7, 11) is 0. The molecular formula is C14H16N2O5. The summed E-state index contributed by atoms with van der Waals surface area (Å²) in [4.78, 5) is 35.3. The number of carbonyl (C=O) groups is 3. The van der Waals surface area contributed by atoms with Crippen molar-refractivity contribution in [1.29, 1.82) is 0 Å². The second-order valence-electron chi connectivity index (χ2n) is 5.45.